The number of esters is 1. The van der Waals surface area contributed by atoms with Crippen LogP contribution >= 0.6 is 22.6 Å². The quantitative estimate of drug-likeness (QED) is 0.119. The number of para-hydroxylation sites is 1. The zero-order valence-electron chi connectivity index (χ0n) is 23.4. The molecule has 0 saturated heterocycles. The van der Waals surface area contributed by atoms with Crippen molar-refractivity contribution >= 4 is 45.7 Å². The van der Waals surface area contributed by atoms with Gasteiger partial charge in [0.25, 0.3) is 5.56 Å². The molecule has 208 valence electrons. The molecule has 0 fully saturated rings. The standard InChI is InChI=1S/C31H32IN3O5/c1-7-39-31(37)20(5)40-27-13-12-21(15-25(27)32)17-33-35-29(34-26-11-9-8-10-22(26)30(35)36)24-16-23(18(2)3)28(38-6)14-19(24)4/h8-18,20H,7H2,1-6H3/t20-/m1/s1. The molecule has 9 heteroatoms. The fraction of sp³-hybridized carbons (Fsp3) is 0.290. The Morgan fingerprint density at radius 3 is 2.52 bits per heavy atom. The van der Waals surface area contributed by atoms with Crippen LogP contribution in [0.2, 0.25) is 0 Å². The Bertz CT molecular complexity index is 1640. The van der Waals surface area contributed by atoms with Crippen LogP contribution in [0.1, 0.15) is 50.3 Å². The highest BCUT2D eigenvalue weighted by atomic mass is 127. The Morgan fingerprint density at radius 2 is 1.85 bits per heavy atom. The van der Waals surface area contributed by atoms with Crippen molar-refractivity contribution in [3.8, 4) is 22.9 Å². The van der Waals surface area contributed by atoms with E-state index in [0.717, 1.165) is 31.6 Å². The Kier molecular flexibility index (Phi) is 9.24. The minimum Gasteiger partial charge on any atom is -0.496 e. The molecule has 1 atom stereocenters. The normalized spacial score (nSPS) is 12.2. The van der Waals surface area contributed by atoms with Crippen LogP contribution in [0.25, 0.3) is 22.3 Å². The lowest BCUT2D eigenvalue weighted by Gasteiger charge is -2.17. The van der Waals surface area contributed by atoms with E-state index >= 15 is 0 Å². The number of methoxy groups -OCH3 is 1. The molecule has 0 saturated carbocycles. The van der Waals surface area contributed by atoms with Gasteiger partial charge in [-0.1, -0.05) is 26.0 Å². The third-order valence-corrected chi connectivity index (χ3v) is 7.24. The van der Waals surface area contributed by atoms with Crippen molar-refractivity contribution in [2.24, 2.45) is 5.10 Å². The Labute approximate surface area is 247 Å². The maximum atomic E-state index is 13.7. The predicted molar refractivity (Wildman–Crippen MR) is 166 cm³/mol. The molecule has 0 spiro atoms. The Hall–Kier alpha value is -3.73. The highest BCUT2D eigenvalue weighted by molar-refractivity contribution is 14.1. The summed E-state index contributed by atoms with van der Waals surface area (Å²) in [6, 6.07) is 16.7. The van der Waals surface area contributed by atoms with E-state index in [1.54, 1.807) is 39.3 Å². The number of hydrogen-bond donors (Lipinski definition) is 0. The van der Waals surface area contributed by atoms with Gasteiger partial charge in [0.15, 0.2) is 11.9 Å². The lowest BCUT2D eigenvalue weighted by atomic mass is 9.96. The average Bonchev–Trinajstić information content (AvgIpc) is 2.93. The van der Waals surface area contributed by atoms with Gasteiger partial charge in [-0.3, -0.25) is 4.79 Å². The summed E-state index contributed by atoms with van der Waals surface area (Å²) in [4.78, 5) is 30.5. The first-order chi connectivity index (χ1) is 19.1. The summed E-state index contributed by atoms with van der Waals surface area (Å²) in [5, 5.41) is 5.09. The van der Waals surface area contributed by atoms with Gasteiger partial charge >= 0.3 is 5.97 Å². The largest absolute Gasteiger partial charge is 0.496 e. The number of carbonyl (C=O) groups is 1. The minimum absolute atomic E-state index is 0.202. The van der Waals surface area contributed by atoms with E-state index in [-0.39, 0.29) is 11.5 Å². The number of fused-ring (bicyclic) bond motifs is 1. The molecule has 1 aromatic heterocycles. The summed E-state index contributed by atoms with van der Waals surface area (Å²) < 4.78 is 18.6. The van der Waals surface area contributed by atoms with E-state index < -0.39 is 12.1 Å². The first-order valence-electron chi connectivity index (χ1n) is 13.0. The van der Waals surface area contributed by atoms with E-state index in [2.05, 4.69) is 41.5 Å². The number of aromatic nitrogens is 2. The summed E-state index contributed by atoms with van der Waals surface area (Å²) in [6.45, 7) is 9.85. The predicted octanol–water partition coefficient (Wildman–Crippen LogP) is 6.32. The molecule has 0 aliphatic carbocycles. The molecule has 0 radical (unpaired) electrons. The maximum Gasteiger partial charge on any atom is 0.347 e. The van der Waals surface area contributed by atoms with Crippen molar-refractivity contribution in [2.45, 2.75) is 46.6 Å². The van der Waals surface area contributed by atoms with E-state index in [1.165, 1.54) is 4.68 Å². The number of benzene rings is 3. The summed E-state index contributed by atoms with van der Waals surface area (Å²) in [7, 11) is 1.66. The Balaban J connectivity index is 1.79. The zero-order valence-corrected chi connectivity index (χ0v) is 25.6. The molecule has 0 amide bonds. The first kappa shape index (κ1) is 29.3. The van der Waals surface area contributed by atoms with Gasteiger partial charge in [0.2, 0.25) is 0 Å². The van der Waals surface area contributed by atoms with Crippen molar-refractivity contribution in [1.82, 2.24) is 9.66 Å². The first-order valence-corrected chi connectivity index (χ1v) is 14.1. The molecule has 3 aromatic carbocycles. The fourth-order valence-corrected chi connectivity index (χ4v) is 4.95. The highest BCUT2D eigenvalue weighted by Crippen LogP contribution is 2.34. The average molecular weight is 654 g/mol. The van der Waals surface area contributed by atoms with Gasteiger partial charge in [-0.2, -0.15) is 9.78 Å². The third kappa shape index (κ3) is 6.19. The molecule has 8 nitrogen and oxygen atoms in total. The maximum absolute atomic E-state index is 13.7. The molecule has 40 heavy (non-hydrogen) atoms. The van der Waals surface area contributed by atoms with E-state index in [1.807, 2.05) is 49.4 Å². The molecule has 0 aliphatic rings. The van der Waals surface area contributed by atoms with E-state index in [0.29, 0.717) is 29.1 Å². The number of rotatable bonds is 9. The van der Waals surface area contributed by atoms with Gasteiger partial charge < -0.3 is 14.2 Å². The third-order valence-electron chi connectivity index (χ3n) is 6.39. The highest BCUT2D eigenvalue weighted by Gasteiger charge is 2.19. The molecule has 0 unspecified atom stereocenters. The van der Waals surface area contributed by atoms with Crippen LogP contribution in [0.4, 0.5) is 0 Å². The second-order valence-electron chi connectivity index (χ2n) is 9.58. The van der Waals surface area contributed by atoms with Gasteiger partial charge in [0.05, 0.1) is 34.4 Å². The van der Waals surface area contributed by atoms with Gasteiger partial charge in [-0.05, 0) is 108 Å². The van der Waals surface area contributed by atoms with Crippen LogP contribution in [0, 0.1) is 10.5 Å². The van der Waals surface area contributed by atoms with Gasteiger partial charge in [0, 0.05) is 5.56 Å². The molecular weight excluding hydrogens is 621 g/mol. The number of aryl methyl sites for hydroxylation is 1. The van der Waals surface area contributed by atoms with Gasteiger partial charge in [0.1, 0.15) is 11.5 Å². The fourth-order valence-electron chi connectivity index (χ4n) is 4.29. The molecule has 0 aliphatic heterocycles. The Morgan fingerprint density at radius 1 is 1.10 bits per heavy atom. The van der Waals surface area contributed by atoms with Crippen molar-refractivity contribution in [2.75, 3.05) is 13.7 Å². The lowest BCUT2D eigenvalue weighted by Crippen LogP contribution is -2.26. The van der Waals surface area contributed by atoms with Crippen LogP contribution < -0.4 is 15.0 Å². The van der Waals surface area contributed by atoms with Crippen molar-refractivity contribution < 1.29 is 19.0 Å². The number of hydrogen-bond acceptors (Lipinski definition) is 7. The molecular formula is C31H32IN3O5. The zero-order chi connectivity index (χ0) is 29.0. The van der Waals surface area contributed by atoms with Gasteiger partial charge in [-0.15, -0.1) is 0 Å². The lowest BCUT2D eigenvalue weighted by molar-refractivity contribution is -0.150. The monoisotopic (exact) mass is 653 g/mol. The number of ether oxygens (including phenoxy) is 3. The molecule has 0 bridgehead atoms. The van der Waals surface area contributed by atoms with E-state index in [9.17, 15) is 9.59 Å². The topological polar surface area (TPSA) is 92.0 Å². The number of nitrogens with zero attached hydrogens (tertiary/aromatic N) is 3. The second-order valence-corrected chi connectivity index (χ2v) is 10.7. The van der Waals surface area contributed by atoms with Crippen molar-refractivity contribution in [3.05, 3.63) is 85.2 Å². The molecule has 0 N–H and O–H groups in total. The van der Waals surface area contributed by atoms with E-state index in [4.69, 9.17) is 19.2 Å². The minimum atomic E-state index is -0.735. The van der Waals surface area contributed by atoms with Crippen LogP contribution in [-0.4, -0.2) is 41.7 Å². The molecule has 4 aromatic rings. The summed E-state index contributed by atoms with van der Waals surface area (Å²) >= 11 is 2.14. The van der Waals surface area contributed by atoms with Crippen LogP contribution in [0.5, 0.6) is 11.5 Å². The van der Waals surface area contributed by atoms with Crippen LogP contribution in [0.3, 0.4) is 0 Å². The van der Waals surface area contributed by atoms with Gasteiger partial charge in [-0.25, -0.2) is 9.78 Å². The SMILES string of the molecule is CCOC(=O)[C@@H](C)Oc1ccc(C=Nn2c(-c3cc(C(C)C)c(OC)cc3C)nc3ccccc3c2=O)cc1I. The molecule has 4 rings (SSSR count). The van der Waals surface area contributed by atoms with Crippen molar-refractivity contribution in [3.63, 3.8) is 0 Å². The van der Waals surface area contributed by atoms with Crippen LogP contribution in [0.15, 0.2) is 64.5 Å². The van der Waals surface area contributed by atoms with Crippen molar-refractivity contribution in [1.29, 1.82) is 0 Å². The number of halogens is 1. The smallest absolute Gasteiger partial charge is 0.347 e. The summed E-state index contributed by atoms with van der Waals surface area (Å²) in [6.07, 6.45) is 0.880. The summed E-state index contributed by atoms with van der Waals surface area (Å²) in [5.74, 6) is 1.57. The second kappa shape index (κ2) is 12.6. The van der Waals surface area contributed by atoms with Crippen LogP contribution in [-0.2, 0) is 9.53 Å². The molecule has 1 heterocycles. The summed E-state index contributed by atoms with van der Waals surface area (Å²) in [5.41, 5.74) is 3.82. The number of carbonyl (C=O) groups excluding carboxylic acids is 1.